The second-order valence-corrected chi connectivity index (χ2v) is 7.48. The van der Waals surface area contributed by atoms with Gasteiger partial charge in [-0.2, -0.15) is 9.61 Å². The summed E-state index contributed by atoms with van der Waals surface area (Å²) < 4.78 is 48.7. The summed E-state index contributed by atoms with van der Waals surface area (Å²) in [6, 6.07) is 6.59. The highest BCUT2D eigenvalue weighted by atomic mass is 19.4. The molecule has 2 aromatic heterocycles. The predicted octanol–water partition coefficient (Wildman–Crippen LogP) is 2.85. The summed E-state index contributed by atoms with van der Waals surface area (Å²) in [4.78, 5) is 4.25. The molecular weight excluding hydrogens is 417 g/mol. The molecule has 0 saturated heterocycles. The van der Waals surface area contributed by atoms with Crippen LogP contribution in [0.15, 0.2) is 36.5 Å². The topological polar surface area (TPSA) is 101 Å². The van der Waals surface area contributed by atoms with E-state index in [-0.39, 0.29) is 12.0 Å². The lowest BCUT2D eigenvalue weighted by molar-refractivity contribution is -0.274. The van der Waals surface area contributed by atoms with Crippen LogP contribution in [0.5, 0.6) is 11.5 Å². The number of hydrogen-bond donors (Lipinski definition) is 3. The molecular formula is C20H21F3N4O4. The van der Waals surface area contributed by atoms with E-state index in [0.29, 0.717) is 34.9 Å². The Kier molecular flexibility index (Phi) is 5.40. The summed E-state index contributed by atoms with van der Waals surface area (Å²) in [5.74, 6) is 0.362. The van der Waals surface area contributed by atoms with Crippen molar-refractivity contribution in [1.29, 1.82) is 0 Å². The molecule has 0 bridgehead atoms. The normalized spacial score (nSPS) is 23.8. The Balaban J connectivity index is 1.70. The summed E-state index contributed by atoms with van der Waals surface area (Å²) in [6.07, 6.45) is -4.49. The van der Waals surface area contributed by atoms with Crippen molar-refractivity contribution in [1.82, 2.24) is 14.6 Å². The van der Waals surface area contributed by atoms with Crippen LogP contribution < -0.4 is 14.8 Å². The summed E-state index contributed by atoms with van der Waals surface area (Å²) >= 11 is 0. The Labute approximate surface area is 175 Å². The number of benzene rings is 1. The molecule has 1 aromatic carbocycles. The number of alkyl halides is 3. The van der Waals surface area contributed by atoms with Crippen molar-refractivity contribution < 1.29 is 32.9 Å². The van der Waals surface area contributed by atoms with Crippen LogP contribution in [0.3, 0.4) is 0 Å². The molecule has 31 heavy (non-hydrogen) atoms. The van der Waals surface area contributed by atoms with Crippen LogP contribution in [0.2, 0.25) is 0 Å². The zero-order valence-electron chi connectivity index (χ0n) is 16.7. The minimum atomic E-state index is -4.83. The van der Waals surface area contributed by atoms with E-state index < -0.39 is 24.3 Å². The van der Waals surface area contributed by atoms with Gasteiger partial charge in [-0.25, -0.2) is 4.98 Å². The first-order valence-corrected chi connectivity index (χ1v) is 9.58. The van der Waals surface area contributed by atoms with E-state index >= 15 is 0 Å². The SMILES string of the molecule is COc1ccc(OC(F)(F)F)cc1-c1cc2nccc(N[C@@H]3C[C@@H](C)C(O)C3O)n2n1. The molecule has 2 heterocycles. The Morgan fingerprint density at radius 3 is 2.58 bits per heavy atom. The van der Waals surface area contributed by atoms with Gasteiger partial charge in [-0.1, -0.05) is 6.92 Å². The van der Waals surface area contributed by atoms with Crippen molar-refractivity contribution >= 4 is 11.5 Å². The van der Waals surface area contributed by atoms with Gasteiger partial charge in [-0.05, 0) is 36.6 Å². The number of aliphatic hydroxyl groups excluding tert-OH is 2. The van der Waals surface area contributed by atoms with Crippen molar-refractivity contribution in [3.63, 3.8) is 0 Å². The number of fused-ring (bicyclic) bond motifs is 1. The fourth-order valence-electron chi connectivity index (χ4n) is 3.81. The molecule has 0 aliphatic heterocycles. The molecule has 0 amide bonds. The zero-order valence-corrected chi connectivity index (χ0v) is 16.7. The van der Waals surface area contributed by atoms with Gasteiger partial charge in [0.1, 0.15) is 23.4 Å². The minimum absolute atomic E-state index is 0.0707. The Morgan fingerprint density at radius 1 is 1.16 bits per heavy atom. The second-order valence-electron chi connectivity index (χ2n) is 7.48. The van der Waals surface area contributed by atoms with Gasteiger partial charge in [0, 0.05) is 17.8 Å². The first kappa shape index (κ1) is 21.2. The Morgan fingerprint density at radius 2 is 1.94 bits per heavy atom. The van der Waals surface area contributed by atoms with Crippen LogP contribution in [0.4, 0.5) is 19.0 Å². The minimum Gasteiger partial charge on any atom is -0.496 e. The van der Waals surface area contributed by atoms with Crippen LogP contribution in [0.1, 0.15) is 13.3 Å². The number of ether oxygens (including phenoxy) is 2. The molecule has 2 unspecified atom stereocenters. The van der Waals surface area contributed by atoms with Crippen molar-refractivity contribution in [3.05, 3.63) is 36.5 Å². The monoisotopic (exact) mass is 438 g/mol. The quantitative estimate of drug-likeness (QED) is 0.563. The molecule has 1 aliphatic rings. The molecule has 0 radical (unpaired) electrons. The van der Waals surface area contributed by atoms with E-state index in [4.69, 9.17) is 4.74 Å². The second kappa shape index (κ2) is 7.89. The molecule has 3 aromatic rings. The molecule has 1 aliphatic carbocycles. The molecule has 1 fully saturated rings. The number of aliphatic hydroxyl groups is 2. The maximum absolute atomic E-state index is 12.6. The van der Waals surface area contributed by atoms with E-state index in [2.05, 4.69) is 20.1 Å². The van der Waals surface area contributed by atoms with Gasteiger partial charge in [-0.3, -0.25) is 0 Å². The first-order valence-electron chi connectivity index (χ1n) is 9.58. The highest BCUT2D eigenvalue weighted by Crippen LogP contribution is 2.35. The lowest BCUT2D eigenvalue weighted by Crippen LogP contribution is -2.35. The van der Waals surface area contributed by atoms with Crippen molar-refractivity contribution in [2.75, 3.05) is 12.4 Å². The van der Waals surface area contributed by atoms with Crippen LogP contribution in [-0.2, 0) is 0 Å². The average molecular weight is 438 g/mol. The van der Waals surface area contributed by atoms with Crippen molar-refractivity contribution in [3.8, 4) is 22.8 Å². The molecule has 8 nitrogen and oxygen atoms in total. The standard InChI is InChI=1S/C20H21F3N4O4/c1-10-7-14(19(29)18(10)28)25-16-5-6-24-17-9-13(26-27(16)17)12-8-11(31-20(21,22)23)3-4-15(12)30-2/h3-6,8-10,14,18-19,25,28-29H,7H2,1-2H3/t10-,14-,18?,19?/m1/s1. The first-order chi connectivity index (χ1) is 14.7. The van der Waals surface area contributed by atoms with E-state index in [1.807, 2.05) is 6.92 Å². The van der Waals surface area contributed by atoms with Gasteiger partial charge in [0.15, 0.2) is 5.65 Å². The van der Waals surface area contributed by atoms with Crippen molar-refractivity contribution in [2.24, 2.45) is 5.92 Å². The van der Waals surface area contributed by atoms with Gasteiger partial charge in [0.05, 0.1) is 24.9 Å². The lowest BCUT2D eigenvalue weighted by atomic mass is 10.1. The number of hydrogen-bond acceptors (Lipinski definition) is 7. The molecule has 166 valence electrons. The van der Waals surface area contributed by atoms with Gasteiger partial charge in [-0.15, -0.1) is 13.2 Å². The van der Waals surface area contributed by atoms with Gasteiger partial charge in [0.2, 0.25) is 0 Å². The molecule has 3 N–H and O–H groups in total. The van der Waals surface area contributed by atoms with Gasteiger partial charge >= 0.3 is 6.36 Å². The zero-order chi connectivity index (χ0) is 22.3. The molecule has 0 spiro atoms. The van der Waals surface area contributed by atoms with E-state index in [9.17, 15) is 23.4 Å². The smallest absolute Gasteiger partial charge is 0.496 e. The molecule has 4 atom stereocenters. The maximum Gasteiger partial charge on any atom is 0.573 e. The third kappa shape index (κ3) is 4.23. The largest absolute Gasteiger partial charge is 0.573 e. The highest BCUT2D eigenvalue weighted by Gasteiger charge is 2.39. The lowest BCUT2D eigenvalue weighted by Gasteiger charge is -2.19. The number of rotatable bonds is 5. The molecule has 11 heteroatoms. The number of nitrogens with zero attached hydrogens (tertiary/aromatic N) is 3. The van der Waals surface area contributed by atoms with E-state index in [1.54, 1.807) is 18.3 Å². The summed E-state index contributed by atoms with van der Waals surface area (Å²) in [7, 11) is 1.40. The van der Waals surface area contributed by atoms with Gasteiger partial charge < -0.3 is 25.0 Å². The summed E-state index contributed by atoms with van der Waals surface area (Å²) in [5, 5.41) is 27.9. The highest BCUT2D eigenvalue weighted by molar-refractivity contribution is 5.72. The van der Waals surface area contributed by atoms with Crippen LogP contribution in [0.25, 0.3) is 16.9 Å². The predicted molar refractivity (Wildman–Crippen MR) is 105 cm³/mol. The number of methoxy groups -OCH3 is 1. The Bertz CT molecular complexity index is 1090. The fourth-order valence-corrected chi connectivity index (χ4v) is 3.81. The molecule has 1 saturated carbocycles. The van der Waals surface area contributed by atoms with Crippen molar-refractivity contribution in [2.45, 2.75) is 38.0 Å². The number of halogens is 3. The van der Waals surface area contributed by atoms with E-state index in [1.165, 1.54) is 23.8 Å². The van der Waals surface area contributed by atoms with Crippen LogP contribution in [-0.4, -0.2) is 56.5 Å². The van der Waals surface area contributed by atoms with Gasteiger partial charge in [0.25, 0.3) is 0 Å². The summed E-state index contributed by atoms with van der Waals surface area (Å²) in [6.45, 7) is 1.85. The number of anilines is 1. The molecule has 4 rings (SSSR count). The van der Waals surface area contributed by atoms with Crippen LogP contribution >= 0.6 is 0 Å². The average Bonchev–Trinajstić information content (AvgIpc) is 3.25. The van der Waals surface area contributed by atoms with Crippen LogP contribution in [0, 0.1) is 5.92 Å². The summed E-state index contributed by atoms with van der Waals surface area (Å²) in [5.41, 5.74) is 1.06. The number of aromatic nitrogens is 3. The number of nitrogens with one attached hydrogen (secondary N) is 1. The van der Waals surface area contributed by atoms with E-state index in [0.717, 1.165) is 6.07 Å². The Hall–Kier alpha value is -3.05. The third-order valence-corrected chi connectivity index (χ3v) is 5.34. The maximum atomic E-state index is 12.6. The third-order valence-electron chi connectivity index (χ3n) is 5.34. The fraction of sp³-hybridized carbons (Fsp3) is 0.400.